The normalized spacial score (nSPS) is 11.2. The first-order chi connectivity index (χ1) is 14.6. The van der Waals surface area contributed by atoms with Crippen LogP contribution in [0.3, 0.4) is 0 Å². The second kappa shape index (κ2) is 10.7. The monoisotopic (exact) mass is 420 g/mol. The Balaban J connectivity index is 1.84. The maximum absolute atomic E-state index is 12.4. The number of aryl methyl sites for hydroxylation is 1. The topological polar surface area (TPSA) is 35.5 Å². The maximum atomic E-state index is 12.4. The summed E-state index contributed by atoms with van der Waals surface area (Å²) < 4.78 is 10.9. The molecule has 0 saturated carbocycles. The number of carbonyl (C=O) groups is 1. The molecule has 3 nitrogen and oxygen atoms in total. The van der Waals surface area contributed by atoms with Crippen molar-refractivity contribution < 1.29 is 14.3 Å². The minimum absolute atomic E-state index is 0.329. The third kappa shape index (κ3) is 5.74. The number of hydrogen-bond donors (Lipinski definition) is 0. The van der Waals surface area contributed by atoms with Crippen LogP contribution in [0.5, 0.6) is 5.75 Å². The van der Waals surface area contributed by atoms with E-state index in [0.29, 0.717) is 17.2 Å². The van der Waals surface area contributed by atoms with Gasteiger partial charge >= 0.3 is 5.97 Å². The van der Waals surface area contributed by atoms with E-state index in [4.69, 9.17) is 21.1 Å². The summed E-state index contributed by atoms with van der Waals surface area (Å²) in [6.45, 7) is 2.58. The molecule has 0 amide bonds. The third-order valence-corrected chi connectivity index (χ3v) is 5.06. The van der Waals surface area contributed by atoms with Gasteiger partial charge in [-0.3, -0.25) is 0 Å². The number of benzene rings is 3. The van der Waals surface area contributed by atoms with Crippen LogP contribution in [-0.2, 0) is 4.74 Å². The molecule has 0 aliphatic rings. The van der Waals surface area contributed by atoms with Crippen LogP contribution in [0.25, 0.3) is 11.6 Å². The highest BCUT2D eigenvalue weighted by molar-refractivity contribution is 6.30. The molecule has 0 aromatic heterocycles. The van der Waals surface area contributed by atoms with Gasteiger partial charge in [0.1, 0.15) is 5.75 Å². The van der Waals surface area contributed by atoms with Crippen molar-refractivity contribution in [1.82, 2.24) is 0 Å². The molecule has 3 rings (SSSR count). The van der Waals surface area contributed by atoms with Gasteiger partial charge in [-0.25, -0.2) is 4.79 Å². The van der Waals surface area contributed by atoms with E-state index in [-0.39, 0.29) is 5.97 Å². The lowest BCUT2D eigenvalue weighted by molar-refractivity contribution is 0.0600. The van der Waals surface area contributed by atoms with Gasteiger partial charge in [-0.15, -0.1) is 0 Å². The number of allylic oxidation sites excluding steroid dienone is 1. The standard InChI is InChI=1S/C26H25ClO3/c1-19-8-6-12-24(26(28)29-2)25(19)21(18-20-9-4-3-5-10-20)11-7-17-30-23-15-13-22(27)14-16-23/h3-6,8-10,12-16,18H,7,11,17H2,1-2H3/b21-18-. The fraction of sp³-hybridized carbons (Fsp3) is 0.192. The SMILES string of the molecule is COC(=O)c1cccc(C)c1/C(=C\c1ccccc1)CCCOc1ccc(Cl)cc1. The van der Waals surface area contributed by atoms with Crippen LogP contribution in [0.15, 0.2) is 72.8 Å². The zero-order valence-electron chi connectivity index (χ0n) is 17.2. The van der Waals surface area contributed by atoms with Crippen molar-refractivity contribution in [3.8, 4) is 5.75 Å². The maximum Gasteiger partial charge on any atom is 0.338 e. The van der Waals surface area contributed by atoms with E-state index < -0.39 is 0 Å². The molecule has 0 aliphatic heterocycles. The summed E-state index contributed by atoms with van der Waals surface area (Å²) in [5, 5.41) is 0.685. The molecule has 4 heteroatoms. The minimum Gasteiger partial charge on any atom is -0.494 e. The number of rotatable bonds is 8. The molecular formula is C26H25ClO3. The van der Waals surface area contributed by atoms with Crippen LogP contribution in [0.1, 0.15) is 39.9 Å². The highest BCUT2D eigenvalue weighted by atomic mass is 35.5. The van der Waals surface area contributed by atoms with Gasteiger partial charge in [0.2, 0.25) is 0 Å². The van der Waals surface area contributed by atoms with Gasteiger partial charge in [-0.1, -0.05) is 60.1 Å². The first kappa shape index (κ1) is 21.7. The smallest absolute Gasteiger partial charge is 0.338 e. The summed E-state index contributed by atoms with van der Waals surface area (Å²) in [4.78, 5) is 12.4. The van der Waals surface area contributed by atoms with Crippen molar-refractivity contribution in [2.24, 2.45) is 0 Å². The molecule has 0 aliphatic carbocycles. The fourth-order valence-electron chi connectivity index (χ4n) is 3.38. The van der Waals surface area contributed by atoms with Crippen molar-refractivity contribution in [2.45, 2.75) is 19.8 Å². The van der Waals surface area contributed by atoms with E-state index in [9.17, 15) is 4.79 Å². The van der Waals surface area contributed by atoms with Crippen LogP contribution in [0.4, 0.5) is 0 Å². The summed E-state index contributed by atoms with van der Waals surface area (Å²) >= 11 is 5.93. The number of carbonyl (C=O) groups excluding carboxylic acids is 1. The summed E-state index contributed by atoms with van der Waals surface area (Å²) in [6, 6.07) is 23.2. The molecule has 0 saturated heterocycles. The Kier molecular flexibility index (Phi) is 7.69. The van der Waals surface area contributed by atoms with Gasteiger partial charge in [0.25, 0.3) is 0 Å². The molecule has 0 bridgehead atoms. The second-order valence-electron chi connectivity index (χ2n) is 6.98. The number of esters is 1. The fourth-order valence-corrected chi connectivity index (χ4v) is 3.50. The predicted octanol–water partition coefficient (Wildman–Crippen LogP) is 6.83. The minimum atomic E-state index is -0.329. The van der Waals surface area contributed by atoms with E-state index in [1.54, 1.807) is 0 Å². The van der Waals surface area contributed by atoms with Crippen molar-refractivity contribution >= 4 is 29.2 Å². The second-order valence-corrected chi connectivity index (χ2v) is 7.41. The first-order valence-electron chi connectivity index (χ1n) is 9.91. The summed E-state index contributed by atoms with van der Waals surface area (Å²) in [5.74, 6) is 0.462. The lowest BCUT2D eigenvalue weighted by atomic mass is 9.90. The molecule has 0 atom stereocenters. The quantitative estimate of drug-likeness (QED) is 0.227. The van der Waals surface area contributed by atoms with E-state index in [1.165, 1.54) is 7.11 Å². The summed E-state index contributed by atoms with van der Waals surface area (Å²) in [6.07, 6.45) is 3.70. The van der Waals surface area contributed by atoms with Crippen LogP contribution < -0.4 is 4.74 Å². The first-order valence-corrected chi connectivity index (χ1v) is 10.3. The Bertz CT molecular complexity index is 1010. The van der Waals surface area contributed by atoms with E-state index in [2.05, 4.69) is 18.2 Å². The van der Waals surface area contributed by atoms with Crippen LogP contribution in [0, 0.1) is 6.92 Å². The van der Waals surface area contributed by atoms with Gasteiger partial charge < -0.3 is 9.47 Å². The van der Waals surface area contributed by atoms with Gasteiger partial charge in [0, 0.05) is 5.02 Å². The summed E-state index contributed by atoms with van der Waals surface area (Å²) in [7, 11) is 1.41. The highest BCUT2D eigenvalue weighted by Gasteiger charge is 2.17. The van der Waals surface area contributed by atoms with E-state index in [0.717, 1.165) is 40.9 Å². The van der Waals surface area contributed by atoms with Crippen LogP contribution >= 0.6 is 11.6 Å². The molecule has 0 spiro atoms. The van der Waals surface area contributed by atoms with Crippen molar-refractivity contribution in [1.29, 1.82) is 0 Å². The Hall–Kier alpha value is -3.04. The summed E-state index contributed by atoms with van der Waals surface area (Å²) in [5.41, 5.74) is 4.72. The molecule has 0 fully saturated rings. The van der Waals surface area contributed by atoms with Gasteiger partial charge in [-0.2, -0.15) is 0 Å². The van der Waals surface area contributed by atoms with Crippen LogP contribution in [-0.4, -0.2) is 19.7 Å². The van der Waals surface area contributed by atoms with Crippen LogP contribution in [0.2, 0.25) is 5.02 Å². The Morgan fingerprint density at radius 2 is 1.70 bits per heavy atom. The molecular weight excluding hydrogens is 396 g/mol. The van der Waals surface area contributed by atoms with Gasteiger partial charge in [-0.05, 0) is 72.4 Å². The Morgan fingerprint density at radius 1 is 0.967 bits per heavy atom. The predicted molar refractivity (Wildman–Crippen MR) is 123 cm³/mol. The number of ether oxygens (including phenoxy) is 2. The molecule has 3 aromatic rings. The van der Waals surface area contributed by atoms with Gasteiger partial charge in [0.05, 0.1) is 19.3 Å². The molecule has 154 valence electrons. The number of hydrogen-bond acceptors (Lipinski definition) is 3. The molecule has 0 heterocycles. The van der Waals surface area contributed by atoms with Gasteiger partial charge in [0.15, 0.2) is 0 Å². The molecule has 30 heavy (non-hydrogen) atoms. The molecule has 0 unspecified atom stereocenters. The average Bonchev–Trinajstić information content (AvgIpc) is 2.77. The molecule has 0 N–H and O–H groups in total. The largest absolute Gasteiger partial charge is 0.494 e. The number of halogens is 1. The van der Waals surface area contributed by atoms with Crippen molar-refractivity contribution in [3.05, 3.63) is 100 Å². The van der Waals surface area contributed by atoms with E-state index >= 15 is 0 Å². The third-order valence-electron chi connectivity index (χ3n) is 4.81. The molecule has 0 radical (unpaired) electrons. The number of methoxy groups -OCH3 is 1. The average molecular weight is 421 g/mol. The lowest BCUT2D eigenvalue weighted by Gasteiger charge is -2.16. The zero-order valence-corrected chi connectivity index (χ0v) is 18.0. The van der Waals surface area contributed by atoms with Crippen molar-refractivity contribution in [2.75, 3.05) is 13.7 Å². The van der Waals surface area contributed by atoms with E-state index in [1.807, 2.05) is 67.6 Å². The zero-order chi connectivity index (χ0) is 21.3. The lowest BCUT2D eigenvalue weighted by Crippen LogP contribution is -2.08. The van der Waals surface area contributed by atoms with Crippen molar-refractivity contribution in [3.63, 3.8) is 0 Å². The highest BCUT2D eigenvalue weighted by Crippen LogP contribution is 2.30. The molecule has 3 aromatic carbocycles. The Labute approximate surface area is 182 Å². The Morgan fingerprint density at radius 3 is 2.40 bits per heavy atom.